The second kappa shape index (κ2) is 8.77. The molecule has 21 heteroatoms. The molecule has 31 heavy (non-hydrogen) atoms. The van der Waals surface area contributed by atoms with Crippen LogP contribution in [0.3, 0.4) is 0 Å². The van der Waals surface area contributed by atoms with Crippen molar-refractivity contribution in [2.75, 3.05) is 12.3 Å². The number of anilines is 1. The number of aliphatic hydroxyl groups is 2. The number of rotatable bonds is 8. The highest BCUT2D eigenvalue weighted by Crippen LogP contribution is 2.66. The van der Waals surface area contributed by atoms with Crippen molar-refractivity contribution in [1.29, 1.82) is 0 Å². The zero-order valence-electron chi connectivity index (χ0n) is 16.6. The number of aliphatic hydroxyl groups excluding tert-OH is 1. The van der Waals surface area contributed by atoms with Gasteiger partial charge in [0, 0.05) is 0 Å². The molecule has 0 aliphatic carbocycles. The lowest BCUT2D eigenvalue weighted by Crippen LogP contribution is -2.48. The Balaban J connectivity index is 2.35. The molecule has 0 amide bonds. The Kier molecular flexibility index (Phi) is 6.41. The smallest absolute Gasteiger partial charge is 0.386 e. The highest BCUT2D eigenvalue weighted by molar-refractivity contribution is 7.66. The number of terminal acetylenes is 1. The maximum Gasteiger partial charge on any atom is 0.490 e. The number of nitrogen functional groups attached to an aromatic ring is 1. The second-order valence-corrected chi connectivity index (χ2v) is 9.88. The maximum absolute atomic E-state index is 12.0. The quantitative estimate of drug-likeness (QED) is 0.137. The van der Waals surface area contributed by atoms with Crippen LogP contribution in [0.15, 0.2) is 11.0 Å². The summed E-state index contributed by atoms with van der Waals surface area (Å²) in [7, 11) is -17.8. The summed E-state index contributed by atoms with van der Waals surface area (Å²) < 4.78 is 65.7. The van der Waals surface area contributed by atoms with Gasteiger partial charge in [0.15, 0.2) is 6.23 Å². The second-order valence-electron chi connectivity index (χ2n) is 5.53. The molecule has 6 atom stereocenters. The Bertz CT molecular complexity index is 1170. The average molecular weight is 510 g/mol. The number of nitrogens with two attached hydrogens (primary N) is 1. The molecule has 2 heterocycles. The fraction of sp³-hybridized carbons (Fsp3) is 0.500. The van der Waals surface area contributed by atoms with Crippen molar-refractivity contribution in [3.8, 4) is 12.3 Å². The van der Waals surface area contributed by atoms with Crippen molar-refractivity contribution in [3.63, 3.8) is 0 Å². The van der Waals surface area contributed by atoms with E-state index in [1.807, 2.05) is 0 Å². The summed E-state index contributed by atoms with van der Waals surface area (Å²) in [5, 5.41) is 24.4. The third-order valence-electron chi connectivity index (χ3n) is 3.28. The number of hydrogen-bond acceptors (Lipinski definition) is 13. The lowest BCUT2D eigenvalue weighted by Gasteiger charge is -2.25. The maximum atomic E-state index is 12.0. The molecule has 18 nitrogen and oxygen atoms in total. The van der Waals surface area contributed by atoms with Gasteiger partial charge in [0.2, 0.25) is 5.60 Å². The molecule has 1 aliphatic rings. The minimum absolute atomic E-state index is 0.264. The molecule has 0 radical (unpaired) electrons. The van der Waals surface area contributed by atoms with E-state index >= 15 is 0 Å². The predicted octanol–water partition coefficient (Wildman–Crippen LogP) is -2.81. The van der Waals surface area contributed by atoms with E-state index in [9.17, 15) is 33.6 Å². The monoisotopic (exact) mass is 510 g/mol. The number of hydrogen-bond donors (Lipinski definition) is 7. The van der Waals surface area contributed by atoms with Gasteiger partial charge in [0.1, 0.15) is 18.0 Å². The Morgan fingerprint density at radius 1 is 1.32 bits per heavy atom. The molecule has 1 aromatic heterocycles. The number of aromatic nitrogens is 3. The van der Waals surface area contributed by atoms with Gasteiger partial charge >= 0.3 is 29.2 Å². The van der Waals surface area contributed by atoms with Gasteiger partial charge in [-0.15, -0.1) is 6.42 Å². The van der Waals surface area contributed by atoms with E-state index in [-0.39, 0.29) is 10.5 Å². The molecule has 1 aromatic rings. The Labute approximate surface area is 174 Å². The van der Waals surface area contributed by atoms with Crippen LogP contribution >= 0.6 is 23.5 Å². The van der Waals surface area contributed by atoms with Crippen molar-refractivity contribution in [1.82, 2.24) is 14.8 Å². The van der Waals surface area contributed by atoms with Gasteiger partial charge in [-0.25, -0.2) is 18.5 Å². The first kappa shape index (κ1) is 22.6. The Hall–Kier alpha value is -1.54. The molecule has 3 unspecified atom stereocenters. The third kappa shape index (κ3) is 6.25. The summed E-state index contributed by atoms with van der Waals surface area (Å²) in [4.78, 5) is 50.9. The lowest BCUT2D eigenvalue weighted by molar-refractivity contribution is -0.0832. The van der Waals surface area contributed by atoms with Crippen LogP contribution in [-0.2, 0) is 31.6 Å². The topological polar surface area (TPSA) is 283 Å². The minimum atomic E-state index is -6.05. The van der Waals surface area contributed by atoms with E-state index in [1.165, 1.54) is 0 Å². The molecule has 0 spiro atoms. The molecule has 0 bridgehead atoms. The van der Waals surface area contributed by atoms with E-state index in [4.69, 9.17) is 34.3 Å². The van der Waals surface area contributed by atoms with Gasteiger partial charge in [-0.3, -0.25) is 4.52 Å². The van der Waals surface area contributed by atoms with Crippen LogP contribution in [0.25, 0.3) is 0 Å². The van der Waals surface area contributed by atoms with Gasteiger partial charge in [-0.05, 0) is 0 Å². The number of nitrogens with zero attached hydrogens (tertiary/aromatic N) is 3. The molecule has 174 valence electrons. The summed E-state index contributed by atoms with van der Waals surface area (Å²) in [6, 6.07) is 0. The molecular weight excluding hydrogens is 493 g/mol. The summed E-state index contributed by atoms with van der Waals surface area (Å²) in [6.45, 7) is -3.70. The van der Waals surface area contributed by atoms with Gasteiger partial charge in [-0.2, -0.15) is 23.4 Å². The van der Waals surface area contributed by atoms with Gasteiger partial charge in [0.05, 0.1) is 15.5 Å². The summed E-state index contributed by atoms with van der Waals surface area (Å²) in [5.74, 6) is 1.29. The third-order valence-corrected chi connectivity index (χ3v) is 6.94. The molecule has 0 aromatic carbocycles. The highest BCUT2D eigenvalue weighted by Gasteiger charge is 2.57. The first-order valence-electron chi connectivity index (χ1n) is 8.32. The number of ether oxygens (including phenoxy) is 1. The first-order valence-corrected chi connectivity index (χ1v) is 11.8. The average Bonchev–Trinajstić information content (AvgIpc) is 2.83. The molecule has 1 fully saturated rings. The summed E-state index contributed by atoms with van der Waals surface area (Å²) >= 11 is 0. The van der Waals surface area contributed by atoms with Crippen LogP contribution in [0.1, 0.15) is 8.97 Å². The fourth-order valence-electron chi connectivity index (χ4n) is 2.12. The van der Waals surface area contributed by atoms with Crippen LogP contribution < -0.4 is 11.4 Å². The van der Waals surface area contributed by atoms with E-state index in [0.717, 1.165) is 6.20 Å². The van der Waals surface area contributed by atoms with Crippen molar-refractivity contribution in [2.45, 2.75) is 24.0 Å². The van der Waals surface area contributed by atoms with E-state index < -0.39 is 59.8 Å². The van der Waals surface area contributed by atoms with E-state index in [1.54, 1.807) is 5.92 Å². The SMILES string of the molecule is [2H]C([2H])(OP(=O)(O)OP(=O)(O)OP(=O)(O)O)[C@H]1O[C@@H](n2ncc(N)nc2=O)C(O)(C#C)[C@H]1O. The van der Waals surface area contributed by atoms with Crippen molar-refractivity contribution in [3.05, 3.63) is 16.7 Å². The van der Waals surface area contributed by atoms with Gasteiger partial charge < -0.3 is 40.3 Å². The number of phosphoric ester groups is 1. The molecule has 0 saturated carbocycles. The van der Waals surface area contributed by atoms with Crippen molar-refractivity contribution in [2.24, 2.45) is 0 Å². The lowest BCUT2D eigenvalue weighted by atomic mass is 9.95. The molecular formula is C10H15N4O14P3. The Morgan fingerprint density at radius 2 is 1.94 bits per heavy atom. The summed E-state index contributed by atoms with van der Waals surface area (Å²) in [5.41, 5.74) is 1.09. The van der Waals surface area contributed by atoms with Crippen LogP contribution in [0, 0.1) is 12.3 Å². The molecule has 1 aliphatic heterocycles. The minimum Gasteiger partial charge on any atom is -0.386 e. The van der Waals surface area contributed by atoms with Crippen LogP contribution in [0.2, 0.25) is 0 Å². The Morgan fingerprint density at radius 3 is 2.45 bits per heavy atom. The molecule has 8 N–H and O–H groups in total. The zero-order chi connectivity index (χ0) is 25.6. The fourth-order valence-corrected chi connectivity index (χ4v) is 5.00. The van der Waals surface area contributed by atoms with Crippen LogP contribution in [0.5, 0.6) is 0 Å². The van der Waals surface area contributed by atoms with Crippen LogP contribution in [-0.4, -0.2) is 68.9 Å². The molecule has 1 saturated heterocycles. The number of phosphoric acid groups is 3. The van der Waals surface area contributed by atoms with E-state index in [2.05, 4.69) is 23.2 Å². The predicted molar refractivity (Wildman–Crippen MR) is 94.2 cm³/mol. The van der Waals surface area contributed by atoms with Gasteiger partial charge in [-0.1, -0.05) is 5.92 Å². The normalized spacial score (nSPS) is 31.7. The highest BCUT2D eigenvalue weighted by atomic mass is 31.3. The van der Waals surface area contributed by atoms with Gasteiger partial charge in [0.25, 0.3) is 0 Å². The van der Waals surface area contributed by atoms with Crippen molar-refractivity contribution >= 4 is 29.3 Å². The molecule has 2 rings (SSSR count). The zero-order valence-corrected chi connectivity index (χ0v) is 17.3. The summed E-state index contributed by atoms with van der Waals surface area (Å²) in [6.07, 6.45) is -1.18. The first-order chi connectivity index (χ1) is 14.7. The standard InChI is InChI=1S/C10H15N4O14P3/c1-2-10(17)7(15)5(26-8(10)14-9(16)13-6(11)3-12-14)4-25-30(21,22)28-31(23,24)27-29(18,19)20/h1,3,5,7-8,15,17H,4H2,(H,21,22)(H,23,24)(H2,11,13,16)(H2,18,19,20)/t5-,7+,8-,10?/m1/s1/i4D2. The van der Waals surface area contributed by atoms with Crippen molar-refractivity contribution < 1.29 is 64.1 Å². The largest absolute Gasteiger partial charge is 0.490 e. The van der Waals surface area contributed by atoms with E-state index in [0.29, 0.717) is 0 Å². The van der Waals surface area contributed by atoms with Crippen LogP contribution in [0.4, 0.5) is 5.82 Å².